The molecule has 0 amide bonds. The molecule has 0 radical (unpaired) electrons. The topological polar surface area (TPSA) is 74.1 Å². The summed E-state index contributed by atoms with van der Waals surface area (Å²) in [6.45, 7) is 4.12. The van der Waals surface area contributed by atoms with Crippen molar-refractivity contribution in [3.63, 3.8) is 0 Å². The van der Waals surface area contributed by atoms with Gasteiger partial charge < -0.3 is 19.5 Å². The number of esters is 1. The van der Waals surface area contributed by atoms with Crippen LogP contribution in [0.4, 0.5) is 5.82 Å². The highest BCUT2D eigenvalue weighted by Gasteiger charge is 2.26. The van der Waals surface area contributed by atoms with E-state index in [9.17, 15) is 4.79 Å². The summed E-state index contributed by atoms with van der Waals surface area (Å²) in [6.07, 6.45) is 7.26. The maximum Gasteiger partial charge on any atom is 0.350 e. The number of benzene rings is 1. The van der Waals surface area contributed by atoms with Crippen molar-refractivity contribution in [1.29, 1.82) is 0 Å². The number of methoxy groups -OCH3 is 2. The molecule has 4 rings (SSSR count). The SMILES string of the molecule is CCOC(=O)c1sc2nc(-c3cc(OC)cc(OC)c3)c(NC3CCCCCC3)n2c1C. The first-order valence-corrected chi connectivity index (χ1v) is 12.1. The van der Waals surface area contributed by atoms with Crippen LogP contribution in [0.5, 0.6) is 11.5 Å². The van der Waals surface area contributed by atoms with Gasteiger partial charge >= 0.3 is 5.97 Å². The number of thiazole rings is 1. The molecule has 1 aliphatic rings. The summed E-state index contributed by atoms with van der Waals surface area (Å²) in [5, 5.41) is 3.78. The highest BCUT2D eigenvalue weighted by atomic mass is 32.1. The molecular weight excluding hydrogens is 426 g/mol. The lowest BCUT2D eigenvalue weighted by molar-refractivity contribution is 0.0531. The Kier molecular flexibility index (Phi) is 6.89. The highest BCUT2D eigenvalue weighted by Crippen LogP contribution is 2.38. The Morgan fingerprint density at radius 1 is 1.12 bits per heavy atom. The number of carbonyl (C=O) groups excluding carboxylic acids is 1. The molecule has 3 aromatic rings. The fraction of sp³-hybridized carbons (Fsp3) is 0.500. The Balaban J connectivity index is 1.85. The molecule has 2 heterocycles. The Morgan fingerprint density at radius 3 is 2.38 bits per heavy atom. The molecule has 0 spiro atoms. The average molecular weight is 458 g/mol. The summed E-state index contributed by atoms with van der Waals surface area (Å²) in [6, 6.07) is 6.16. The zero-order valence-corrected chi connectivity index (χ0v) is 20.0. The van der Waals surface area contributed by atoms with E-state index in [1.807, 2.05) is 32.0 Å². The number of hydrogen-bond donors (Lipinski definition) is 1. The van der Waals surface area contributed by atoms with Gasteiger partial charge in [-0.2, -0.15) is 0 Å². The van der Waals surface area contributed by atoms with Gasteiger partial charge in [-0.15, -0.1) is 0 Å². The minimum atomic E-state index is -0.300. The lowest BCUT2D eigenvalue weighted by Crippen LogP contribution is -2.20. The standard InChI is InChI=1S/C24H31N3O4S/c1-5-31-23(28)21-15(2)27-22(25-17-10-8-6-7-9-11-17)20(26-24(27)32-21)16-12-18(29-3)14-19(13-16)30-4/h12-14,17,25H,5-11H2,1-4H3. The van der Waals surface area contributed by atoms with Gasteiger partial charge in [0.2, 0.25) is 0 Å². The smallest absolute Gasteiger partial charge is 0.350 e. The number of rotatable bonds is 7. The van der Waals surface area contributed by atoms with Crippen molar-refractivity contribution in [2.75, 3.05) is 26.1 Å². The third-order valence-corrected chi connectivity index (χ3v) is 7.11. The number of anilines is 1. The third kappa shape index (κ3) is 4.41. The quantitative estimate of drug-likeness (QED) is 0.362. The van der Waals surface area contributed by atoms with Gasteiger partial charge in [0.1, 0.15) is 27.9 Å². The molecule has 0 bridgehead atoms. The van der Waals surface area contributed by atoms with Crippen LogP contribution < -0.4 is 14.8 Å². The second-order valence-electron chi connectivity index (χ2n) is 8.10. The van der Waals surface area contributed by atoms with Gasteiger partial charge in [0.25, 0.3) is 0 Å². The maximum absolute atomic E-state index is 12.5. The van der Waals surface area contributed by atoms with Crippen LogP contribution in [0, 0.1) is 6.92 Å². The van der Waals surface area contributed by atoms with E-state index in [4.69, 9.17) is 19.2 Å². The molecule has 1 saturated carbocycles. The van der Waals surface area contributed by atoms with Crippen LogP contribution in [-0.4, -0.2) is 42.2 Å². The average Bonchev–Trinajstić information content (AvgIpc) is 3.18. The zero-order chi connectivity index (χ0) is 22.7. The molecule has 0 saturated heterocycles. The molecule has 32 heavy (non-hydrogen) atoms. The number of aromatic nitrogens is 2. The van der Waals surface area contributed by atoms with Crippen LogP contribution >= 0.6 is 11.3 Å². The maximum atomic E-state index is 12.5. The van der Waals surface area contributed by atoms with Crippen LogP contribution in [0.1, 0.15) is 60.8 Å². The minimum absolute atomic E-state index is 0.300. The monoisotopic (exact) mass is 457 g/mol. The van der Waals surface area contributed by atoms with E-state index >= 15 is 0 Å². The molecule has 1 fully saturated rings. The lowest BCUT2D eigenvalue weighted by atomic mass is 10.1. The van der Waals surface area contributed by atoms with E-state index < -0.39 is 0 Å². The lowest BCUT2D eigenvalue weighted by Gasteiger charge is -2.19. The summed E-state index contributed by atoms with van der Waals surface area (Å²) >= 11 is 1.36. The Labute approximate surface area is 192 Å². The molecule has 1 aromatic carbocycles. The number of fused-ring (bicyclic) bond motifs is 1. The summed E-state index contributed by atoms with van der Waals surface area (Å²) < 4.78 is 18.3. The van der Waals surface area contributed by atoms with Crippen molar-refractivity contribution in [1.82, 2.24) is 9.38 Å². The van der Waals surface area contributed by atoms with E-state index in [1.54, 1.807) is 14.2 Å². The van der Waals surface area contributed by atoms with Crippen molar-refractivity contribution < 1.29 is 19.0 Å². The summed E-state index contributed by atoms with van der Waals surface area (Å²) in [5.74, 6) is 2.03. The summed E-state index contributed by atoms with van der Waals surface area (Å²) in [4.78, 5) is 18.8. The van der Waals surface area contributed by atoms with Crippen LogP contribution in [0.2, 0.25) is 0 Å². The third-order valence-electron chi connectivity index (χ3n) is 5.99. The van der Waals surface area contributed by atoms with E-state index in [0.717, 1.165) is 40.6 Å². The molecule has 1 aliphatic carbocycles. The van der Waals surface area contributed by atoms with Crippen molar-refractivity contribution in [3.05, 3.63) is 28.8 Å². The molecule has 0 aliphatic heterocycles. The predicted octanol–water partition coefficient (Wildman–Crippen LogP) is 5.70. The van der Waals surface area contributed by atoms with Crippen LogP contribution in [0.25, 0.3) is 16.2 Å². The number of nitrogens with one attached hydrogen (secondary N) is 1. The van der Waals surface area contributed by atoms with Gasteiger partial charge in [-0.05, 0) is 38.8 Å². The van der Waals surface area contributed by atoms with E-state index in [1.165, 1.54) is 37.0 Å². The molecule has 172 valence electrons. The van der Waals surface area contributed by atoms with Gasteiger partial charge in [-0.3, -0.25) is 4.40 Å². The first-order valence-electron chi connectivity index (χ1n) is 11.2. The number of carbonyl (C=O) groups is 1. The van der Waals surface area contributed by atoms with Crippen molar-refractivity contribution in [3.8, 4) is 22.8 Å². The number of imidazole rings is 1. The van der Waals surface area contributed by atoms with Gasteiger partial charge in [-0.25, -0.2) is 9.78 Å². The zero-order valence-electron chi connectivity index (χ0n) is 19.2. The van der Waals surface area contributed by atoms with Gasteiger partial charge in [0, 0.05) is 23.4 Å². The first-order chi connectivity index (χ1) is 15.5. The van der Waals surface area contributed by atoms with Gasteiger partial charge in [-0.1, -0.05) is 37.0 Å². The Bertz CT molecular complexity index is 1070. The van der Waals surface area contributed by atoms with E-state index in [-0.39, 0.29) is 5.97 Å². The summed E-state index contributed by atoms with van der Waals surface area (Å²) in [5.41, 5.74) is 2.58. The van der Waals surface area contributed by atoms with Gasteiger partial charge in [0.05, 0.1) is 20.8 Å². The molecule has 0 atom stereocenters. The second kappa shape index (κ2) is 9.81. The Morgan fingerprint density at radius 2 is 1.78 bits per heavy atom. The molecular formula is C24H31N3O4S. The first kappa shape index (κ1) is 22.5. The van der Waals surface area contributed by atoms with Crippen LogP contribution in [0.3, 0.4) is 0 Å². The minimum Gasteiger partial charge on any atom is -0.497 e. The van der Waals surface area contributed by atoms with Crippen LogP contribution in [0.15, 0.2) is 18.2 Å². The fourth-order valence-corrected chi connectivity index (χ4v) is 5.35. The van der Waals surface area contributed by atoms with Crippen molar-refractivity contribution in [2.45, 2.75) is 58.4 Å². The van der Waals surface area contributed by atoms with Crippen LogP contribution in [-0.2, 0) is 4.74 Å². The molecule has 2 aromatic heterocycles. The number of hydrogen-bond acceptors (Lipinski definition) is 7. The molecule has 8 heteroatoms. The van der Waals surface area contributed by atoms with Gasteiger partial charge in [0.15, 0.2) is 4.96 Å². The largest absolute Gasteiger partial charge is 0.497 e. The number of nitrogens with zero attached hydrogens (tertiary/aromatic N) is 2. The van der Waals surface area contributed by atoms with E-state index in [2.05, 4.69) is 9.72 Å². The van der Waals surface area contributed by atoms with E-state index in [0.29, 0.717) is 29.0 Å². The number of aryl methyl sites for hydroxylation is 1. The van der Waals surface area contributed by atoms with Crippen molar-refractivity contribution in [2.24, 2.45) is 0 Å². The Hall–Kier alpha value is -2.74. The fourth-order valence-electron chi connectivity index (χ4n) is 4.33. The number of ether oxygens (including phenoxy) is 3. The second-order valence-corrected chi connectivity index (χ2v) is 9.08. The highest BCUT2D eigenvalue weighted by molar-refractivity contribution is 7.19. The molecule has 0 unspecified atom stereocenters. The normalized spacial score (nSPS) is 14.9. The van der Waals surface area contributed by atoms with Crippen molar-refractivity contribution >= 4 is 28.1 Å². The predicted molar refractivity (Wildman–Crippen MR) is 127 cm³/mol. The molecule has 1 N–H and O–H groups in total. The molecule has 7 nitrogen and oxygen atoms in total. The summed E-state index contributed by atoms with van der Waals surface area (Å²) in [7, 11) is 3.29.